The van der Waals surface area contributed by atoms with Crippen LogP contribution < -0.4 is 5.32 Å². The molecule has 5 nitrogen and oxygen atoms in total. The summed E-state index contributed by atoms with van der Waals surface area (Å²) in [7, 11) is 3.20. The van der Waals surface area contributed by atoms with Gasteiger partial charge in [-0.3, -0.25) is 9.69 Å². The predicted octanol–water partition coefficient (Wildman–Crippen LogP) is 0.248. The van der Waals surface area contributed by atoms with Crippen molar-refractivity contribution in [1.29, 1.82) is 0 Å². The second-order valence-corrected chi connectivity index (χ2v) is 4.35. The van der Waals surface area contributed by atoms with E-state index in [0.29, 0.717) is 12.6 Å². The number of rotatable bonds is 7. The molecule has 1 saturated heterocycles. The third-order valence-corrected chi connectivity index (χ3v) is 3.21. The number of ether oxygens (including phenoxy) is 2. The third-order valence-electron chi connectivity index (χ3n) is 3.21. The Morgan fingerprint density at radius 3 is 2.88 bits per heavy atom. The van der Waals surface area contributed by atoms with Crippen LogP contribution in [0.1, 0.15) is 19.8 Å². The highest BCUT2D eigenvalue weighted by Gasteiger charge is 2.23. The predicted molar refractivity (Wildman–Crippen MR) is 66.0 cm³/mol. The number of hydrogen-bond donors (Lipinski definition) is 1. The van der Waals surface area contributed by atoms with Crippen molar-refractivity contribution in [3.63, 3.8) is 0 Å². The van der Waals surface area contributed by atoms with Gasteiger partial charge >= 0.3 is 5.97 Å². The molecule has 1 aliphatic rings. The van der Waals surface area contributed by atoms with E-state index in [9.17, 15) is 4.79 Å². The van der Waals surface area contributed by atoms with E-state index in [4.69, 9.17) is 9.47 Å². The Labute approximate surface area is 103 Å². The Morgan fingerprint density at radius 1 is 1.65 bits per heavy atom. The van der Waals surface area contributed by atoms with Gasteiger partial charge < -0.3 is 14.8 Å². The molecule has 0 aliphatic carbocycles. The van der Waals surface area contributed by atoms with Crippen LogP contribution in [0.3, 0.4) is 0 Å². The zero-order valence-corrected chi connectivity index (χ0v) is 11.1. The normalized spacial score (nSPS) is 21.8. The van der Waals surface area contributed by atoms with Gasteiger partial charge in [-0.2, -0.15) is 0 Å². The zero-order chi connectivity index (χ0) is 12.7. The van der Waals surface area contributed by atoms with E-state index in [1.807, 2.05) is 0 Å². The van der Waals surface area contributed by atoms with Gasteiger partial charge in [0.05, 0.1) is 13.2 Å². The molecule has 1 fully saturated rings. The second-order valence-electron chi connectivity index (χ2n) is 4.35. The van der Waals surface area contributed by atoms with Crippen LogP contribution in [-0.2, 0) is 14.3 Å². The Morgan fingerprint density at radius 2 is 2.41 bits per heavy atom. The minimum atomic E-state index is -0.263. The van der Waals surface area contributed by atoms with Crippen molar-refractivity contribution < 1.29 is 14.3 Å². The molecule has 17 heavy (non-hydrogen) atoms. The van der Waals surface area contributed by atoms with Gasteiger partial charge in [0.2, 0.25) is 0 Å². The molecule has 5 heteroatoms. The molecule has 100 valence electrons. The first-order valence-electron chi connectivity index (χ1n) is 6.30. The van der Waals surface area contributed by atoms with Crippen molar-refractivity contribution >= 4 is 5.97 Å². The SMILES string of the molecule is CCN(CC1CCCO1)CC(NC)C(=O)OC. The summed E-state index contributed by atoms with van der Waals surface area (Å²) in [5, 5.41) is 2.99. The van der Waals surface area contributed by atoms with E-state index in [2.05, 4.69) is 17.1 Å². The molecular weight excluding hydrogens is 220 g/mol. The highest BCUT2D eigenvalue weighted by atomic mass is 16.5. The van der Waals surface area contributed by atoms with Gasteiger partial charge in [-0.1, -0.05) is 6.92 Å². The molecule has 0 saturated carbocycles. The summed E-state index contributed by atoms with van der Waals surface area (Å²) in [5.41, 5.74) is 0. The van der Waals surface area contributed by atoms with E-state index < -0.39 is 0 Å². The van der Waals surface area contributed by atoms with Crippen LogP contribution in [0.15, 0.2) is 0 Å². The van der Waals surface area contributed by atoms with Gasteiger partial charge in [-0.15, -0.1) is 0 Å². The summed E-state index contributed by atoms with van der Waals surface area (Å²) in [6.45, 7) is 5.44. The average Bonchev–Trinajstić information content (AvgIpc) is 2.86. The maximum absolute atomic E-state index is 11.5. The largest absolute Gasteiger partial charge is 0.468 e. The Kier molecular flexibility index (Phi) is 6.47. The fourth-order valence-electron chi connectivity index (χ4n) is 2.09. The Balaban J connectivity index is 2.40. The molecule has 1 N–H and O–H groups in total. The van der Waals surface area contributed by atoms with Crippen molar-refractivity contribution in [3.8, 4) is 0 Å². The molecule has 0 spiro atoms. The van der Waals surface area contributed by atoms with Crippen LogP contribution >= 0.6 is 0 Å². The number of carbonyl (C=O) groups is 1. The molecule has 0 aromatic carbocycles. The topological polar surface area (TPSA) is 50.8 Å². The maximum atomic E-state index is 11.5. The monoisotopic (exact) mass is 244 g/mol. The van der Waals surface area contributed by atoms with E-state index in [-0.39, 0.29) is 12.0 Å². The Hall–Kier alpha value is -0.650. The molecule has 0 bridgehead atoms. The molecule has 1 rings (SSSR count). The first kappa shape index (κ1) is 14.4. The average molecular weight is 244 g/mol. The fraction of sp³-hybridized carbons (Fsp3) is 0.917. The van der Waals surface area contributed by atoms with Crippen LogP contribution in [0.2, 0.25) is 0 Å². The van der Waals surface area contributed by atoms with Crippen molar-refractivity contribution in [3.05, 3.63) is 0 Å². The van der Waals surface area contributed by atoms with Crippen molar-refractivity contribution in [1.82, 2.24) is 10.2 Å². The highest BCUT2D eigenvalue weighted by Crippen LogP contribution is 2.13. The standard InChI is InChI=1S/C12H24N2O3/c1-4-14(8-10-6-5-7-17-10)9-11(13-2)12(15)16-3/h10-11,13H,4-9H2,1-3H3. The van der Waals surface area contributed by atoms with Crippen molar-refractivity contribution in [2.24, 2.45) is 0 Å². The second kappa shape index (κ2) is 7.63. The molecule has 0 radical (unpaired) electrons. The minimum absolute atomic E-state index is 0.210. The molecule has 2 unspecified atom stereocenters. The summed E-state index contributed by atoms with van der Waals surface area (Å²) < 4.78 is 10.4. The van der Waals surface area contributed by atoms with Gasteiger partial charge in [0, 0.05) is 19.7 Å². The first-order valence-corrected chi connectivity index (χ1v) is 6.30. The number of methoxy groups -OCH3 is 1. The van der Waals surface area contributed by atoms with Crippen LogP contribution in [0.5, 0.6) is 0 Å². The summed E-state index contributed by atoms with van der Waals surface area (Å²) >= 11 is 0. The third kappa shape index (κ3) is 4.61. The van der Waals surface area contributed by atoms with Crippen LogP contribution in [0.25, 0.3) is 0 Å². The first-order chi connectivity index (χ1) is 8.21. The van der Waals surface area contributed by atoms with Crippen molar-refractivity contribution in [2.45, 2.75) is 31.9 Å². The number of nitrogens with one attached hydrogen (secondary N) is 1. The van der Waals surface area contributed by atoms with Crippen LogP contribution in [0.4, 0.5) is 0 Å². The quantitative estimate of drug-likeness (QED) is 0.651. The number of hydrogen-bond acceptors (Lipinski definition) is 5. The number of nitrogens with zero attached hydrogens (tertiary/aromatic N) is 1. The maximum Gasteiger partial charge on any atom is 0.324 e. The smallest absolute Gasteiger partial charge is 0.324 e. The van der Waals surface area contributed by atoms with E-state index in [1.165, 1.54) is 7.11 Å². The summed E-state index contributed by atoms with van der Waals surface area (Å²) in [5.74, 6) is -0.210. The van der Waals surface area contributed by atoms with Gasteiger partial charge in [0.25, 0.3) is 0 Å². The molecule has 0 aromatic rings. The van der Waals surface area contributed by atoms with E-state index in [0.717, 1.165) is 32.5 Å². The molecule has 0 aromatic heterocycles. The molecule has 0 amide bonds. The summed E-state index contributed by atoms with van der Waals surface area (Å²) in [4.78, 5) is 13.7. The molecule has 1 heterocycles. The summed E-state index contributed by atoms with van der Waals surface area (Å²) in [6.07, 6.45) is 2.60. The van der Waals surface area contributed by atoms with Gasteiger partial charge in [-0.25, -0.2) is 0 Å². The zero-order valence-electron chi connectivity index (χ0n) is 11.1. The number of esters is 1. The van der Waals surface area contributed by atoms with Crippen LogP contribution in [0, 0.1) is 0 Å². The van der Waals surface area contributed by atoms with Gasteiger partial charge in [0.1, 0.15) is 6.04 Å². The molecular formula is C12H24N2O3. The lowest BCUT2D eigenvalue weighted by molar-refractivity contribution is -0.143. The lowest BCUT2D eigenvalue weighted by atomic mass is 10.2. The van der Waals surface area contributed by atoms with Gasteiger partial charge in [0.15, 0.2) is 0 Å². The molecule has 1 aliphatic heterocycles. The molecule has 2 atom stereocenters. The van der Waals surface area contributed by atoms with Crippen molar-refractivity contribution in [2.75, 3.05) is 40.4 Å². The van der Waals surface area contributed by atoms with Crippen LogP contribution in [-0.4, -0.2) is 63.4 Å². The summed E-state index contributed by atoms with van der Waals surface area (Å²) in [6, 6.07) is -0.263. The fourth-order valence-corrected chi connectivity index (χ4v) is 2.09. The lowest BCUT2D eigenvalue weighted by Crippen LogP contribution is -2.47. The van der Waals surface area contributed by atoms with Gasteiger partial charge in [-0.05, 0) is 26.4 Å². The van der Waals surface area contributed by atoms with E-state index >= 15 is 0 Å². The highest BCUT2D eigenvalue weighted by molar-refractivity contribution is 5.75. The number of likely N-dealkylation sites (N-methyl/N-ethyl adjacent to an activating group) is 2. The minimum Gasteiger partial charge on any atom is -0.468 e. The lowest BCUT2D eigenvalue weighted by Gasteiger charge is -2.26. The Bertz CT molecular complexity index is 230. The number of carbonyl (C=O) groups excluding carboxylic acids is 1. The van der Waals surface area contributed by atoms with E-state index in [1.54, 1.807) is 7.05 Å².